The van der Waals surface area contributed by atoms with E-state index in [9.17, 15) is 10.1 Å². The van der Waals surface area contributed by atoms with E-state index in [-0.39, 0.29) is 11.4 Å². The Bertz CT molecular complexity index is 272. The Balaban J connectivity index is 3.12. The maximum absolute atomic E-state index is 10.3. The molecular weight excluding hydrogens is 146 g/mol. The Labute approximate surface area is 63.6 Å². The highest BCUT2D eigenvalue weighted by Gasteiger charge is 2.11. The number of ether oxygens (including phenoxy) is 1. The molecule has 0 saturated carbocycles. The molecule has 0 atom stereocenters. The molecule has 0 bridgehead atoms. The summed E-state index contributed by atoms with van der Waals surface area (Å²) in [5, 5.41) is 10.3. The third-order valence-electron chi connectivity index (χ3n) is 1.20. The maximum atomic E-state index is 10.3. The van der Waals surface area contributed by atoms with Crippen LogP contribution >= 0.6 is 0 Å². The fourth-order valence-electron chi connectivity index (χ4n) is 0.720. The van der Waals surface area contributed by atoms with Crippen molar-refractivity contribution in [2.45, 2.75) is 0 Å². The van der Waals surface area contributed by atoms with E-state index in [2.05, 4.69) is 6.07 Å². The second-order valence-electron chi connectivity index (χ2n) is 1.85. The highest BCUT2D eigenvalue weighted by atomic mass is 16.6. The molecule has 1 radical (unpaired) electrons. The van der Waals surface area contributed by atoms with Crippen LogP contribution < -0.4 is 4.74 Å². The first-order chi connectivity index (χ1) is 5.25. The van der Waals surface area contributed by atoms with Crippen molar-refractivity contribution in [2.24, 2.45) is 0 Å². The smallest absolute Gasteiger partial charge is 0.311 e. The van der Waals surface area contributed by atoms with Gasteiger partial charge >= 0.3 is 5.69 Å². The summed E-state index contributed by atoms with van der Waals surface area (Å²) in [7, 11) is 1.37. The van der Waals surface area contributed by atoms with Crippen LogP contribution in [0.15, 0.2) is 18.2 Å². The quantitative estimate of drug-likeness (QED) is 0.475. The first kappa shape index (κ1) is 7.53. The van der Waals surface area contributed by atoms with E-state index in [0.717, 1.165) is 0 Å². The molecule has 4 heteroatoms. The van der Waals surface area contributed by atoms with Crippen molar-refractivity contribution in [3.8, 4) is 5.75 Å². The second-order valence-corrected chi connectivity index (χ2v) is 1.85. The Kier molecular flexibility index (Phi) is 2.06. The molecule has 0 fully saturated rings. The first-order valence-electron chi connectivity index (χ1n) is 2.95. The predicted octanol–water partition coefficient (Wildman–Crippen LogP) is 1.40. The zero-order valence-electron chi connectivity index (χ0n) is 5.90. The minimum absolute atomic E-state index is 0.0602. The number of methoxy groups -OCH3 is 1. The minimum atomic E-state index is -0.505. The second kappa shape index (κ2) is 3.01. The lowest BCUT2D eigenvalue weighted by molar-refractivity contribution is -0.385. The Morgan fingerprint density at radius 3 is 2.91 bits per heavy atom. The highest BCUT2D eigenvalue weighted by Crippen LogP contribution is 2.24. The van der Waals surface area contributed by atoms with Gasteiger partial charge in [-0.15, -0.1) is 0 Å². The normalized spacial score (nSPS) is 9.18. The first-order valence-corrected chi connectivity index (χ1v) is 2.95. The van der Waals surface area contributed by atoms with Crippen LogP contribution in [0.1, 0.15) is 0 Å². The third kappa shape index (κ3) is 1.46. The average Bonchev–Trinajstić information content (AvgIpc) is 2.04. The Hall–Kier alpha value is -1.58. The van der Waals surface area contributed by atoms with Crippen LogP contribution in [0.2, 0.25) is 0 Å². The zero-order valence-corrected chi connectivity index (χ0v) is 5.90. The van der Waals surface area contributed by atoms with Crippen LogP contribution in [-0.2, 0) is 0 Å². The molecular formula is C7H6NO3. The number of nitro groups is 1. The number of benzene rings is 1. The topological polar surface area (TPSA) is 52.4 Å². The van der Waals surface area contributed by atoms with Crippen LogP contribution in [0.25, 0.3) is 0 Å². The molecule has 0 unspecified atom stereocenters. The Morgan fingerprint density at radius 2 is 2.45 bits per heavy atom. The van der Waals surface area contributed by atoms with Gasteiger partial charge in [-0.25, -0.2) is 0 Å². The predicted molar refractivity (Wildman–Crippen MR) is 38.5 cm³/mol. The summed E-state index contributed by atoms with van der Waals surface area (Å²) in [5.74, 6) is 0.164. The van der Waals surface area contributed by atoms with E-state index in [0.29, 0.717) is 0 Å². The van der Waals surface area contributed by atoms with Gasteiger partial charge in [-0.05, 0) is 6.07 Å². The van der Waals surface area contributed by atoms with Crippen LogP contribution in [0.5, 0.6) is 5.75 Å². The van der Waals surface area contributed by atoms with Gasteiger partial charge in [-0.3, -0.25) is 10.1 Å². The van der Waals surface area contributed by atoms with Crippen LogP contribution in [0.4, 0.5) is 5.69 Å². The van der Waals surface area contributed by atoms with E-state index in [1.807, 2.05) is 0 Å². The van der Waals surface area contributed by atoms with Crippen molar-refractivity contribution in [1.82, 2.24) is 0 Å². The van der Waals surface area contributed by atoms with Crippen LogP contribution in [0.3, 0.4) is 0 Å². The number of nitrogens with zero attached hydrogens (tertiary/aromatic N) is 1. The van der Waals surface area contributed by atoms with E-state index in [4.69, 9.17) is 4.74 Å². The van der Waals surface area contributed by atoms with Crippen molar-refractivity contribution in [2.75, 3.05) is 7.11 Å². The minimum Gasteiger partial charge on any atom is -0.490 e. The standard InChI is InChI=1S/C7H6NO3/c1-11-7-5-3-2-4-6(7)8(9)10/h2-4H,1H3. The molecule has 1 aromatic carbocycles. The number of hydrogen-bond donors (Lipinski definition) is 0. The van der Waals surface area contributed by atoms with Gasteiger partial charge in [0, 0.05) is 12.1 Å². The number of nitro benzene ring substituents is 1. The molecule has 1 rings (SSSR count). The molecule has 0 aliphatic carbocycles. The third-order valence-corrected chi connectivity index (χ3v) is 1.20. The highest BCUT2D eigenvalue weighted by molar-refractivity contribution is 5.44. The van der Waals surface area contributed by atoms with Gasteiger partial charge in [-0.1, -0.05) is 6.07 Å². The molecule has 0 aromatic heterocycles. The molecule has 0 saturated heterocycles. The van der Waals surface area contributed by atoms with Crippen molar-refractivity contribution < 1.29 is 9.66 Å². The van der Waals surface area contributed by atoms with Gasteiger partial charge in [0.15, 0.2) is 0 Å². The molecule has 1 aromatic rings. The molecule has 0 heterocycles. The lowest BCUT2D eigenvalue weighted by atomic mass is 10.3. The Morgan fingerprint density at radius 1 is 1.73 bits per heavy atom. The number of para-hydroxylation sites is 1. The summed E-state index contributed by atoms with van der Waals surface area (Å²) in [6.45, 7) is 0. The lowest BCUT2D eigenvalue weighted by Gasteiger charge is -1.97. The fraction of sp³-hybridized carbons (Fsp3) is 0.143. The molecule has 0 spiro atoms. The molecule has 57 valence electrons. The van der Waals surface area contributed by atoms with Gasteiger partial charge < -0.3 is 4.74 Å². The largest absolute Gasteiger partial charge is 0.490 e. The van der Waals surface area contributed by atoms with Gasteiger partial charge in [0.25, 0.3) is 0 Å². The van der Waals surface area contributed by atoms with Gasteiger partial charge in [0.1, 0.15) is 0 Å². The summed E-state index contributed by atoms with van der Waals surface area (Å²) < 4.78 is 4.71. The van der Waals surface area contributed by atoms with Gasteiger partial charge in [0.05, 0.1) is 12.0 Å². The van der Waals surface area contributed by atoms with Crippen LogP contribution in [0, 0.1) is 16.2 Å². The fourth-order valence-corrected chi connectivity index (χ4v) is 0.720. The van der Waals surface area contributed by atoms with E-state index in [1.165, 1.54) is 13.2 Å². The molecule has 0 amide bonds. The summed E-state index contributed by atoms with van der Waals surface area (Å²) in [6, 6.07) is 7.08. The van der Waals surface area contributed by atoms with E-state index < -0.39 is 4.92 Å². The molecule has 0 aliphatic heterocycles. The molecule has 0 N–H and O–H groups in total. The number of rotatable bonds is 2. The zero-order chi connectivity index (χ0) is 8.27. The molecule has 0 aliphatic rings. The summed E-state index contributed by atoms with van der Waals surface area (Å²) in [4.78, 5) is 9.78. The molecule has 11 heavy (non-hydrogen) atoms. The monoisotopic (exact) mass is 152 g/mol. The van der Waals surface area contributed by atoms with Gasteiger partial charge in [-0.2, -0.15) is 0 Å². The lowest BCUT2D eigenvalue weighted by Crippen LogP contribution is -1.92. The summed E-state index contributed by atoms with van der Waals surface area (Å²) >= 11 is 0. The van der Waals surface area contributed by atoms with Gasteiger partial charge in [0.2, 0.25) is 5.75 Å². The van der Waals surface area contributed by atoms with Crippen molar-refractivity contribution in [3.63, 3.8) is 0 Å². The average molecular weight is 152 g/mol. The maximum Gasteiger partial charge on any atom is 0.311 e. The van der Waals surface area contributed by atoms with E-state index in [1.54, 1.807) is 12.1 Å². The SMILES string of the molecule is COc1[c]cccc1[N+](=O)[O-]. The van der Waals surface area contributed by atoms with E-state index >= 15 is 0 Å². The molecule has 4 nitrogen and oxygen atoms in total. The van der Waals surface area contributed by atoms with Crippen LogP contribution in [-0.4, -0.2) is 12.0 Å². The van der Waals surface area contributed by atoms with Crippen molar-refractivity contribution in [1.29, 1.82) is 0 Å². The summed E-state index contributed by atoms with van der Waals surface area (Å²) in [5.41, 5.74) is -0.0602. The summed E-state index contributed by atoms with van der Waals surface area (Å²) in [6.07, 6.45) is 0. The van der Waals surface area contributed by atoms with Crippen molar-refractivity contribution >= 4 is 5.69 Å². The number of hydrogen-bond acceptors (Lipinski definition) is 3. The van der Waals surface area contributed by atoms with Crippen molar-refractivity contribution in [3.05, 3.63) is 34.4 Å².